The average Bonchev–Trinajstić information content (AvgIpc) is 3.29. The molecule has 0 atom stereocenters. The van der Waals surface area contributed by atoms with E-state index in [9.17, 15) is 13.2 Å². The summed E-state index contributed by atoms with van der Waals surface area (Å²) in [5.74, 6) is -0.0454. The Balaban J connectivity index is 1.84. The van der Waals surface area contributed by atoms with E-state index in [-0.39, 0.29) is 17.3 Å². The monoisotopic (exact) mass is 410 g/mol. The maximum Gasteiger partial charge on any atom is 0.248 e. The fourth-order valence-corrected chi connectivity index (χ4v) is 5.67. The predicted molar refractivity (Wildman–Crippen MR) is 105 cm³/mol. The molecule has 9 heteroatoms. The number of aryl methyl sites for hydroxylation is 1. The number of morpholine rings is 1. The van der Waals surface area contributed by atoms with Crippen molar-refractivity contribution in [1.82, 2.24) is 19.0 Å². The van der Waals surface area contributed by atoms with Crippen LogP contribution in [0.15, 0.2) is 16.7 Å². The van der Waals surface area contributed by atoms with Crippen LogP contribution in [-0.4, -0.2) is 66.2 Å². The second-order valence-electron chi connectivity index (χ2n) is 7.31. The third kappa shape index (κ3) is 4.16. The molecule has 1 aromatic heterocycles. The third-order valence-corrected chi connectivity index (χ3v) is 7.43. The zero-order chi connectivity index (χ0) is 20.3. The van der Waals surface area contributed by atoms with E-state index < -0.39 is 10.0 Å². The average molecular weight is 411 g/mol. The first-order chi connectivity index (χ1) is 13.4. The fraction of sp³-hybridized carbons (Fsp3) is 0.684. The Hall–Kier alpha value is -1.71. The minimum Gasteiger partial charge on any atom is -0.379 e. The van der Waals surface area contributed by atoms with Crippen molar-refractivity contribution < 1.29 is 17.9 Å². The number of allylic oxidation sites excluding steroid dienone is 2. The van der Waals surface area contributed by atoms with Gasteiger partial charge in [0.25, 0.3) is 0 Å². The molecule has 0 N–H and O–H groups in total. The van der Waals surface area contributed by atoms with Gasteiger partial charge < -0.3 is 9.64 Å². The Morgan fingerprint density at radius 1 is 1.29 bits per heavy atom. The molecule has 28 heavy (non-hydrogen) atoms. The summed E-state index contributed by atoms with van der Waals surface area (Å²) in [6.07, 6.45) is 5.99. The van der Waals surface area contributed by atoms with E-state index in [1.54, 1.807) is 13.8 Å². The first kappa shape index (κ1) is 21.0. The van der Waals surface area contributed by atoms with Crippen molar-refractivity contribution in [3.63, 3.8) is 0 Å². The second-order valence-corrected chi connectivity index (χ2v) is 9.18. The fourth-order valence-electron chi connectivity index (χ4n) is 3.89. The lowest BCUT2D eigenvalue weighted by molar-refractivity contribution is -0.130. The van der Waals surface area contributed by atoms with Crippen LogP contribution in [0.3, 0.4) is 0 Å². The van der Waals surface area contributed by atoms with Gasteiger partial charge >= 0.3 is 0 Å². The molecule has 1 aliphatic heterocycles. The first-order valence-electron chi connectivity index (χ1n) is 9.97. The molecule has 0 bridgehead atoms. The lowest BCUT2D eigenvalue weighted by Crippen LogP contribution is -2.41. The molecule has 1 aromatic rings. The van der Waals surface area contributed by atoms with Crippen LogP contribution in [0.4, 0.5) is 0 Å². The Labute approximate surface area is 167 Å². The molecular weight excluding hydrogens is 380 g/mol. The van der Waals surface area contributed by atoms with Gasteiger partial charge in [0.1, 0.15) is 11.4 Å². The van der Waals surface area contributed by atoms with Gasteiger partial charge in [0, 0.05) is 25.3 Å². The number of rotatable bonds is 7. The smallest absolute Gasteiger partial charge is 0.248 e. The Morgan fingerprint density at radius 2 is 2.00 bits per heavy atom. The first-order valence-corrected chi connectivity index (χ1v) is 11.4. The van der Waals surface area contributed by atoms with Crippen LogP contribution in [0.25, 0.3) is 0 Å². The van der Waals surface area contributed by atoms with Crippen molar-refractivity contribution in [2.45, 2.75) is 57.9 Å². The van der Waals surface area contributed by atoms with E-state index in [4.69, 9.17) is 4.74 Å². The predicted octanol–water partition coefficient (Wildman–Crippen LogP) is 1.83. The van der Waals surface area contributed by atoms with E-state index in [2.05, 4.69) is 11.2 Å². The van der Waals surface area contributed by atoms with Crippen molar-refractivity contribution in [2.24, 2.45) is 0 Å². The maximum absolute atomic E-state index is 13.1. The van der Waals surface area contributed by atoms with Crippen molar-refractivity contribution >= 4 is 15.9 Å². The molecule has 0 aromatic carbocycles. The van der Waals surface area contributed by atoms with Gasteiger partial charge in [-0.2, -0.15) is 9.40 Å². The molecular formula is C19H30N4O4S. The van der Waals surface area contributed by atoms with Crippen LogP contribution in [0.2, 0.25) is 0 Å². The number of aromatic nitrogens is 2. The summed E-state index contributed by atoms with van der Waals surface area (Å²) < 4.78 is 34.4. The van der Waals surface area contributed by atoms with Gasteiger partial charge in [-0.25, -0.2) is 8.42 Å². The van der Waals surface area contributed by atoms with Gasteiger partial charge in [0.05, 0.1) is 24.6 Å². The van der Waals surface area contributed by atoms with E-state index in [1.807, 2.05) is 11.8 Å². The van der Waals surface area contributed by atoms with E-state index >= 15 is 0 Å². The number of ether oxygens (including phenoxy) is 1. The maximum atomic E-state index is 13.1. The number of hydrogen-bond donors (Lipinski definition) is 0. The highest BCUT2D eigenvalue weighted by atomic mass is 32.2. The molecule has 1 amide bonds. The molecule has 156 valence electrons. The van der Waals surface area contributed by atoms with Gasteiger partial charge in [-0.3, -0.25) is 9.48 Å². The van der Waals surface area contributed by atoms with E-state index in [0.717, 1.165) is 31.4 Å². The molecule has 2 heterocycles. The molecule has 0 spiro atoms. The number of carbonyl (C=O) groups is 1. The summed E-state index contributed by atoms with van der Waals surface area (Å²) in [7, 11) is -3.65. The molecule has 1 fully saturated rings. The van der Waals surface area contributed by atoms with Crippen LogP contribution >= 0.6 is 0 Å². The zero-order valence-electron chi connectivity index (χ0n) is 17.0. The number of carbonyl (C=O) groups excluding carboxylic acids is 1. The number of sulfonamides is 1. The number of amides is 1. The van der Waals surface area contributed by atoms with Crippen LogP contribution in [-0.2, 0) is 26.1 Å². The lowest BCUT2D eigenvalue weighted by atomic mass is 10.3. The van der Waals surface area contributed by atoms with Gasteiger partial charge in [-0.1, -0.05) is 13.0 Å². The van der Waals surface area contributed by atoms with Crippen LogP contribution < -0.4 is 0 Å². The van der Waals surface area contributed by atoms with Gasteiger partial charge in [0.15, 0.2) is 0 Å². The molecule has 1 saturated heterocycles. The molecule has 0 saturated carbocycles. The van der Waals surface area contributed by atoms with Gasteiger partial charge in [-0.15, -0.1) is 0 Å². The normalized spacial score (nSPS) is 18.3. The zero-order valence-corrected chi connectivity index (χ0v) is 17.8. The van der Waals surface area contributed by atoms with Crippen molar-refractivity contribution in [3.05, 3.63) is 23.2 Å². The Bertz CT molecular complexity index is 854. The van der Waals surface area contributed by atoms with Crippen LogP contribution in [0.5, 0.6) is 0 Å². The summed E-state index contributed by atoms with van der Waals surface area (Å²) in [5, 5.41) is 4.39. The molecule has 2 aliphatic rings. The summed E-state index contributed by atoms with van der Waals surface area (Å²) in [4.78, 5) is 15.0. The number of hydrogen-bond acceptors (Lipinski definition) is 5. The summed E-state index contributed by atoms with van der Waals surface area (Å²) in [5.41, 5.74) is 2.02. The quantitative estimate of drug-likeness (QED) is 0.685. The number of nitrogens with zero attached hydrogens (tertiary/aromatic N) is 4. The van der Waals surface area contributed by atoms with Gasteiger partial charge in [0.2, 0.25) is 15.9 Å². The largest absolute Gasteiger partial charge is 0.379 e. The van der Waals surface area contributed by atoms with Gasteiger partial charge in [-0.05, 0) is 39.5 Å². The highest BCUT2D eigenvalue weighted by Crippen LogP contribution is 2.26. The minimum atomic E-state index is -3.65. The standard InChI is InChI=1S/C19H30N4O4S/c1-4-9-22(17-7-5-6-8-17)18(24)14-23-16(3)19(15(2)20-23)28(25,26)21-10-12-27-13-11-21/h7H,4-6,8-14H2,1-3H3. The molecule has 0 radical (unpaired) electrons. The Kier molecular flexibility index (Phi) is 6.57. The highest BCUT2D eigenvalue weighted by molar-refractivity contribution is 7.89. The molecule has 0 unspecified atom stereocenters. The van der Waals surface area contributed by atoms with E-state index in [0.29, 0.717) is 44.2 Å². The topological polar surface area (TPSA) is 84.7 Å². The molecule has 8 nitrogen and oxygen atoms in total. The summed E-state index contributed by atoms with van der Waals surface area (Å²) >= 11 is 0. The SMILES string of the molecule is CCCN(C(=O)Cn1nc(C)c(S(=O)(=O)N2CCOCC2)c1C)C1=CCCC1. The highest BCUT2D eigenvalue weighted by Gasteiger charge is 2.32. The third-order valence-electron chi connectivity index (χ3n) is 5.28. The molecule has 1 aliphatic carbocycles. The second kappa shape index (κ2) is 8.75. The van der Waals surface area contributed by atoms with Crippen molar-refractivity contribution in [1.29, 1.82) is 0 Å². The van der Waals surface area contributed by atoms with E-state index in [1.165, 1.54) is 8.99 Å². The summed E-state index contributed by atoms with van der Waals surface area (Å²) in [6, 6.07) is 0. The van der Waals surface area contributed by atoms with Crippen molar-refractivity contribution in [2.75, 3.05) is 32.8 Å². The lowest BCUT2D eigenvalue weighted by Gasteiger charge is -2.26. The molecule has 3 rings (SSSR count). The minimum absolute atomic E-state index is 0.0443. The van der Waals surface area contributed by atoms with Crippen molar-refractivity contribution in [3.8, 4) is 0 Å². The Morgan fingerprint density at radius 3 is 2.61 bits per heavy atom. The summed E-state index contributed by atoms with van der Waals surface area (Å²) in [6.45, 7) is 7.63. The van der Waals surface area contributed by atoms with Crippen LogP contribution in [0, 0.1) is 13.8 Å². The van der Waals surface area contributed by atoms with Crippen LogP contribution in [0.1, 0.15) is 44.0 Å².